The van der Waals surface area contributed by atoms with Gasteiger partial charge in [0.05, 0.1) is 12.0 Å². The summed E-state index contributed by atoms with van der Waals surface area (Å²) >= 11 is 0. The Balaban J connectivity index is 1.50. The van der Waals surface area contributed by atoms with Crippen molar-refractivity contribution in [2.24, 2.45) is 5.92 Å². The molecule has 0 radical (unpaired) electrons. The van der Waals surface area contributed by atoms with Crippen molar-refractivity contribution in [3.8, 4) is 0 Å². The number of piperazine rings is 1. The van der Waals surface area contributed by atoms with E-state index in [1.807, 2.05) is 4.90 Å². The highest BCUT2D eigenvalue weighted by Gasteiger charge is 2.32. The van der Waals surface area contributed by atoms with Crippen LogP contribution in [0.3, 0.4) is 0 Å². The van der Waals surface area contributed by atoms with Crippen LogP contribution in [0.25, 0.3) is 0 Å². The van der Waals surface area contributed by atoms with Gasteiger partial charge in [0.1, 0.15) is 0 Å². The molecule has 116 valence electrons. The van der Waals surface area contributed by atoms with Crippen LogP contribution in [-0.4, -0.2) is 65.2 Å². The number of piperidine rings is 1. The molecular formula is C15H23N3O3. The number of fused-ring (bicyclic) bond motifs is 1. The van der Waals surface area contributed by atoms with Gasteiger partial charge in [-0.1, -0.05) is 18.6 Å². The number of carbonyl (C=O) groups is 2. The molecule has 21 heavy (non-hydrogen) atoms. The predicted molar refractivity (Wildman–Crippen MR) is 78.0 cm³/mol. The number of urea groups is 1. The number of carboxylic acids is 1. The summed E-state index contributed by atoms with van der Waals surface area (Å²) in [6, 6.07) is 0.299. The second-order valence-corrected chi connectivity index (χ2v) is 6.25. The van der Waals surface area contributed by atoms with Crippen LogP contribution in [0.15, 0.2) is 12.2 Å². The molecule has 3 unspecified atom stereocenters. The molecule has 0 aromatic rings. The van der Waals surface area contributed by atoms with Crippen LogP contribution >= 0.6 is 0 Å². The monoisotopic (exact) mass is 293 g/mol. The van der Waals surface area contributed by atoms with E-state index in [1.165, 1.54) is 19.3 Å². The summed E-state index contributed by atoms with van der Waals surface area (Å²) in [7, 11) is 0. The van der Waals surface area contributed by atoms with Crippen molar-refractivity contribution >= 4 is 12.0 Å². The Morgan fingerprint density at radius 2 is 2.00 bits per heavy atom. The van der Waals surface area contributed by atoms with Crippen molar-refractivity contribution in [1.29, 1.82) is 0 Å². The van der Waals surface area contributed by atoms with E-state index < -0.39 is 11.9 Å². The molecule has 0 spiro atoms. The molecule has 6 nitrogen and oxygen atoms in total. The average molecular weight is 293 g/mol. The topological polar surface area (TPSA) is 72.9 Å². The van der Waals surface area contributed by atoms with Crippen LogP contribution in [-0.2, 0) is 4.79 Å². The number of hydrogen-bond donors (Lipinski definition) is 2. The van der Waals surface area contributed by atoms with E-state index in [4.69, 9.17) is 5.11 Å². The van der Waals surface area contributed by atoms with Crippen LogP contribution in [0.4, 0.5) is 4.79 Å². The van der Waals surface area contributed by atoms with Gasteiger partial charge in [-0.25, -0.2) is 4.79 Å². The maximum Gasteiger partial charge on any atom is 0.317 e. The Morgan fingerprint density at radius 3 is 2.76 bits per heavy atom. The summed E-state index contributed by atoms with van der Waals surface area (Å²) in [5.74, 6) is -1.29. The molecule has 0 aromatic carbocycles. The molecule has 0 bridgehead atoms. The first kappa shape index (κ1) is 14.4. The quantitative estimate of drug-likeness (QED) is 0.742. The van der Waals surface area contributed by atoms with Crippen molar-refractivity contribution in [3.63, 3.8) is 0 Å². The summed E-state index contributed by atoms with van der Waals surface area (Å²) < 4.78 is 0. The number of aliphatic carboxylic acids is 1. The van der Waals surface area contributed by atoms with Crippen molar-refractivity contribution in [1.82, 2.24) is 15.1 Å². The molecule has 3 atom stereocenters. The van der Waals surface area contributed by atoms with Crippen molar-refractivity contribution in [2.45, 2.75) is 37.8 Å². The van der Waals surface area contributed by atoms with Gasteiger partial charge >= 0.3 is 12.0 Å². The lowest BCUT2D eigenvalue weighted by atomic mass is 10.00. The SMILES string of the molecule is O=C(O)C1C=CC(NC(=O)N2CCN3CCCCC3C2)C1. The highest BCUT2D eigenvalue weighted by molar-refractivity contribution is 5.76. The fourth-order valence-corrected chi connectivity index (χ4v) is 3.58. The van der Waals surface area contributed by atoms with E-state index >= 15 is 0 Å². The standard InChI is InChI=1S/C15H23N3O3/c19-14(20)11-4-5-12(9-11)16-15(21)18-8-7-17-6-2-1-3-13(17)10-18/h4-5,11-13H,1-3,6-10H2,(H,16,21)(H,19,20). The molecule has 0 saturated carbocycles. The zero-order chi connectivity index (χ0) is 14.8. The van der Waals surface area contributed by atoms with E-state index in [9.17, 15) is 9.59 Å². The molecule has 2 amide bonds. The third-order valence-corrected chi connectivity index (χ3v) is 4.83. The zero-order valence-corrected chi connectivity index (χ0v) is 12.2. The van der Waals surface area contributed by atoms with E-state index in [0.717, 1.165) is 26.2 Å². The largest absolute Gasteiger partial charge is 0.481 e. The van der Waals surface area contributed by atoms with Crippen molar-refractivity contribution < 1.29 is 14.7 Å². The number of amides is 2. The number of hydrogen-bond acceptors (Lipinski definition) is 3. The molecule has 6 heteroatoms. The smallest absolute Gasteiger partial charge is 0.317 e. The van der Waals surface area contributed by atoms with Gasteiger partial charge in [0.2, 0.25) is 0 Å². The van der Waals surface area contributed by atoms with Crippen LogP contribution in [0.2, 0.25) is 0 Å². The normalized spacial score (nSPS) is 32.8. The Hall–Kier alpha value is -1.56. The fourth-order valence-electron chi connectivity index (χ4n) is 3.58. The van der Waals surface area contributed by atoms with Gasteiger partial charge in [-0.05, 0) is 25.8 Å². The number of nitrogens with one attached hydrogen (secondary N) is 1. The fraction of sp³-hybridized carbons (Fsp3) is 0.733. The minimum atomic E-state index is -0.821. The first-order valence-corrected chi connectivity index (χ1v) is 7.84. The van der Waals surface area contributed by atoms with Crippen molar-refractivity contribution in [2.75, 3.05) is 26.2 Å². The summed E-state index contributed by atoms with van der Waals surface area (Å²) in [4.78, 5) is 27.6. The molecule has 2 saturated heterocycles. The average Bonchev–Trinajstić information content (AvgIpc) is 2.95. The van der Waals surface area contributed by atoms with Crippen molar-refractivity contribution in [3.05, 3.63) is 12.2 Å². The molecule has 3 rings (SSSR count). The number of nitrogens with zero attached hydrogens (tertiary/aromatic N) is 2. The van der Waals surface area contributed by atoms with E-state index in [2.05, 4.69) is 10.2 Å². The minimum absolute atomic E-state index is 0.0547. The van der Waals surface area contributed by atoms with E-state index in [1.54, 1.807) is 12.2 Å². The van der Waals surface area contributed by atoms with Gasteiger partial charge < -0.3 is 15.3 Å². The lowest BCUT2D eigenvalue weighted by Crippen LogP contribution is -2.58. The van der Waals surface area contributed by atoms with Crippen LogP contribution < -0.4 is 5.32 Å². The van der Waals surface area contributed by atoms with Gasteiger partial charge in [-0.15, -0.1) is 0 Å². The lowest BCUT2D eigenvalue weighted by molar-refractivity contribution is -0.140. The van der Waals surface area contributed by atoms with Gasteiger partial charge in [-0.3, -0.25) is 9.69 Å². The summed E-state index contributed by atoms with van der Waals surface area (Å²) in [5.41, 5.74) is 0. The predicted octanol–water partition coefficient (Wildman–Crippen LogP) is 0.895. The number of rotatable bonds is 2. The first-order chi connectivity index (χ1) is 10.1. The summed E-state index contributed by atoms with van der Waals surface area (Å²) in [5, 5.41) is 11.9. The van der Waals surface area contributed by atoms with Gasteiger partial charge in [0.15, 0.2) is 0 Å². The molecule has 2 heterocycles. The van der Waals surface area contributed by atoms with Gasteiger partial charge in [0, 0.05) is 25.7 Å². The number of carbonyl (C=O) groups excluding carboxylic acids is 1. The highest BCUT2D eigenvalue weighted by atomic mass is 16.4. The summed E-state index contributed by atoms with van der Waals surface area (Å²) in [6.45, 7) is 3.67. The van der Waals surface area contributed by atoms with Crippen LogP contribution in [0.1, 0.15) is 25.7 Å². The minimum Gasteiger partial charge on any atom is -0.481 e. The Bertz CT molecular complexity index is 451. The molecule has 2 N–H and O–H groups in total. The Kier molecular flexibility index (Phi) is 4.14. The lowest BCUT2D eigenvalue weighted by Gasteiger charge is -2.44. The number of carboxylic acid groups (broad SMARTS) is 1. The van der Waals surface area contributed by atoms with Gasteiger partial charge in [-0.2, -0.15) is 0 Å². The second kappa shape index (κ2) is 6.05. The first-order valence-electron chi connectivity index (χ1n) is 7.84. The maximum atomic E-state index is 12.3. The molecular weight excluding hydrogens is 270 g/mol. The zero-order valence-electron chi connectivity index (χ0n) is 12.2. The van der Waals surface area contributed by atoms with Crippen LogP contribution in [0.5, 0.6) is 0 Å². The van der Waals surface area contributed by atoms with E-state index in [0.29, 0.717) is 12.5 Å². The molecule has 3 aliphatic rings. The third-order valence-electron chi connectivity index (χ3n) is 4.83. The molecule has 2 aliphatic heterocycles. The molecule has 2 fully saturated rings. The Morgan fingerprint density at radius 1 is 1.14 bits per heavy atom. The third kappa shape index (κ3) is 3.20. The maximum absolute atomic E-state index is 12.3. The molecule has 0 aromatic heterocycles. The van der Waals surface area contributed by atoms with Gasteiger partial charge in [0.25, 0.3) is 0 Å². The van der Waals surface area contributed by atoms with E-state index in [-0.39, 0.29) is 12.1 Å². The summed E-state index contributed by atoms with van der Waals surface area (Å²) in [6.07, 6.45) is 7.63. The Labute approximate surface area is 124 Å². The van der Waals surface area contributed by atoms with Crippen LogP contribution in [0, 0.1) is 5.92 Å². The highest BCUT2D eigenvalue weighted by Crippen LogP contribution is 2.22. The second-order valence-electron chi connectivity index (χ2n) is 6.25. The molecule has 1 aliphatic carbocycles.